The van der Waals surface area contributed by atoms with Crippen molar-refractivity contribution in [1.82, 2.24) is 0 Å². The highest BCUT2D eigenvalue weighted by atomic mass is 19.2. The fourth-order valence-corrected chi connectivity index (χ4v) is 0.926. The number of hydrogen-bond donors (Lipinski definition) is 1. The molecule has 7 heteroatoms. The van der Waals surface area contributed by atoms with Crippen LogP contribution in [0.25, 0.3) is 0 Å². The standard InChI is InChI=1S/C8H6F3NO3/c1-14-7-3(9)2-4(15-8(12)13)5(10)6(7)11/h2H,1H3,(H2,12,13). The van der Waals surface area contributed by atoms with Gasteiger partial charge in [-0.3, -0.25) is 0 Å². The third-order valence-corrected chi connectivity index (χ3v) is 1.50. The number of benzene rings is 1. The molecule has 0 heterocycles. The maximum atomic E-state index is 13.0. The van der Waals surface area contributed by atoms with Crippen LogP contribution in [0.5, 0.6) is 11.5 Å². The van der Waals surface area contributed by atoms with Crippen LogP contribution in [0.4, 0.5) is 18.0 Å². The summed E-state index contributed by atoms with van der Waals surface area (Å²) in [6.07, 6.45) is -1.38. The molecule has 15 heavy (non-hydrogen) atoms. The first kappa shape index (κ1) is 11.2. The Kier molecular flexibility index (Phi) is 3.03. The van der Waals surface area contributed by atoms with E-state index in [2.05, 4.69) is 15.2 Å². The van der Waals surface area contributed by atoms with Crippen LogP contribution in [0, 0.1) is 17.5 Å². The summed E-state index contributed by atoms with van der Waals surface area (Å²) >= 11 is 0. The summed E-state index contributed by atoms with van der Waals surface area (Å²) in [5, 5.41) is 0. The fraction of sp³-hybridized carbons (Fsp3) is 0.125. The monoisotopic (exact) mass is 221 g/mol. The van der Waals surface area contributed by atoms with E-state index < -0.39 is 35.0 Å². The number of carbonyl (C=O) groups excluding carboxylic acids is 1. The van der Waals surface area contributed by atoms with Gasteiger partial charge in [0.1, 0.15) is 0 Å². The van der Waals surface area contributed by atoms with Crippen LogP contribution in [-0.2, 0) is 0 Å². The van der Waals surface area contributed by atoms with Gasteiger partial charge in [-0.05, 0) is 0 Å². The van der Waals surface area contributed by atoms with E-state index in [1.165, 1.54) is 0 Å². The Morgan fingerprint density at radius 2 is 1.93 bits per heavy atom. The molecule has 0 fully saturated rings. The van der Waals surface area contributed by atoms with Crippen LogP contribution in [0.2, 0.25) is 0 Å². The lowest BCUT2D eigenvalue weighted by atomic mass is 10.3. The number of ether oxygens (including phenoxy) is 2. The van der Waals surface area contributed by atoms with E-state index in [-0.39, 0.29) is 0 Å². The molecule has 0 aromatic heterocycles. The van der Waals surface area contributed by atoms with Gasteiger partial charge >= 0.3 is 6.09 Å². The van der Waals surface area contributed by atoms with E-state index in [9.17, 15) is 18.0 Å². The second-order valence-corrected chi connectivity index (χ2v) is 2.44. The predicted molar refractivity (Wildman–Crippen MR) is 43.1 cm³/mol. The molecule has 0 aliphatic heterocycles. The summed E-state index contributed by atoms with van der Waals surface area (Å²) in [4.78, 5) is 10.3. The van der Waals surface area contributed by atoms with Crippen molar-refractivity contribution in [2.24, 2.45) is 5.73 Å². The zero-order valence-electron chi connectivity index (χ0n) is 7.51. The minimum atomic E-state index is -1.59. The fourth-order valence-electron chi connectivity index (χ4n) is 0.926. The number of nitrogens with two attached hydrogens (primary N) is 1. The van der Waals surface area contributed by atoms with E-state index >= 15 is 0 Å². The molecular weight excluding hydrogens is 215 g/mol. The van der Waals surface area contributed by atoms with Crippen molar-refractivity contribution in [2.75, 3.05) is 7.11 Å². The molecule has 0 atom stereocenters. The molecule has 2 N–H and O–H groups in total. The van der Waals surface area contributed by atoms with Crippen molar-refractivity contribution in [2.45, 2.75) is 0 Å². The Bertz CT molecular complexity index is 409. The van der Waals surface area contributed by atoms with Crippen molar-refractivity contribution in [3.63, 3.8) is 0 Å². The predicted octanol–water partition coefficient (Wildman–Crippen LogP) is 1.57. The van der Waals surface area contributed by atoms with E-state index in [1.807, 2.05) is 0 Å². The quantitative estimate of drug-likeness (QED) is 0.771. The number of rotatable bonds is 2. The van der Waals surface area contributed by atoms with Crippen LogP contribution in [0.3, 0.4) is 0 Å². The molecule has 0 saturated heterocycles. The summed E-state index contributed by atoms with van der Waals surface area (Å²) in [6.45, 7) is 0. The van der Waals surface area contributed by atoms with Crippen molar-refractivity contribution < 1.29 is 27.4 Å². The van der Waals surface area contributed by atoms with Crippen LogP contribution in [0.1, 0.15) is 0 Å². The number of primary amides is 1. The Morgan fingerprint density at radius 3 is 2.40 bits per heavy atom. The lowest BCUT2D eigenvalue weighted by Gasteiger charge is -2.07. The number of hydrogen-bond acceptors (Lipinski definition) is 3. The van der Waals surface area contributed by atoms with E-state index in [0.29, 0.717) is 6.07 Å². The van der Waals surface area contributed by atoms with Crippen LogP contribution >= 0.6 is 0 Å². The maximum Gasteiger partial charge on any atom is 0.410 e. The SMILES string of the molecule is COc1c(F)cc(OC(N)=O)c(F)c1F. The van der Waals surface area contributed by atoms with Crippen LogP contribution in [-0.4, -0.2) is 13.2 Å². The summed E-state index contributed by atoms with van der Waals surface area (Å²) in [6, 6.07) is 0.460. The van der Waals surface area contributed by atoms with Gasteiger partial charge in [0.25, 0.3) is 0 Å². The van der Waals surface area contributed by atoms with E-state index in [0.717, 1.165) is 7.11 Å². The minimum absolute atomic E-state index is 0.460. The second kappa shape index (κ2) is 4.07. The molecule has 0 saturated carbocycles. The molecule has 1 aromatic rings. The molecule has 0 aliphatic rings. The van der Waals surface area contributed by atoms with Crippen molar-refractivity contribution in [3.8, 4) is 11.5 Å². The molecular formula is C8H6F3NO3. The highest BCUT2D eigenvalue weighted by Gasteiger charge is 2.21. The topological polar surface area (TPSA) is 61.6 Å². The Hall–Kier alpha value is -1.92. The van der Waals surface area contributed by atoms with Crippen molar-refractivity contribution >= 4 is 6.09 Å². The lowest BCUT2D eigenvalue weighted by Crippen LogP contribution is -2.17. The number of carbonyl (C=O) groups is 1. The number of halogens is 3. The normalized spacial score (nSPS) is 9.87. The van der Waals surface area contributed by atoms with Gasteiger partial charge < -0.3 is 15.2 Å². The third-order valence-electron chi connectivity index (χ3n) is 1.50. The molecule has 0 spiro atoms. The molecule has 4 nitrogen and oxygen atoms in total. The van der Waals surface area contributed by atoms with Crippen molar-refractivity contribution in [3.05, 3.63) is 23.5 Å². The summed E-state index contributed by atoms with van der Waals surface area (Å²) < 4.78 is 47.3. The first-order valence-corrected chi connectivity index (χ1v) is 3.66. The zero-order valence-corrected chi connectivity index (χ0v) is 7.51. The highest BCUT2D eigenvalue weighted by molar-refractivity contribution is 5.68. The molecule has 1 rings (SSSR count). The molecule has 0 bridgehead atoms. The van der Waals surface area contributed by atoms with Gasteiger partial charge in [0, 0.05) is 6.07 Å². The summed E-state index contributed by atoms with van der Waals surface area (Å²) in [5.74, 6) is -6.17. The molecule has 0 unspecified atom stereocenters. The number of amides is 1. The Balaban J connectivity index is 3.27. The largest absolute Gasteiger partial charge is 0.491 e. The lowest BCUT2D eigenvalue weighted by molar-refractivity contribution is 0.207. The molecule has 0 radical (unpaired) electrons. The van der Waals surface area contributed by atoms with Gasteiger partial charge in [-0.2, -0.15) is 8.78 Å². The average molecular weight is 221 g/mol. The first-order valence-electron chi connectivity index (χ1n) is 3.66. The van der Waals surface area contributed by atoms with Gasteiger partial charge in [0.2, 0.25) is 11.6 Å². The first-order chi connectivity index (χ1) is 6.97. The van der Waals surface area contributed by atoms with E-state index in [4.69, 9.17) is 0 Å². The summed E-state index contributed by atoms with van der Waals surface area (Å²) in [5.41, 5.74) is 4.56. The molecule has 82 valence electrons. The van der Waals surface area contributed by atoms with Gasteiger partial charge in [-0.25, -0.2) is 9.18 Å². The third kappa shape index (κ3) is 2.12. The minimum Gasteiger partial charge on any atom is -0.491 e. The van der Waals surface area contributed by atoms with Gasteiger partial charge in [-0.15, -0.1) is 0 Å². The van der Waals surface area contributed by atoms with Crippen LogP contribution < -0.4 is 15.2 Å². The Labute approximate surface area is 82.4 Å². The average Bonchev–Trinajstić information content (AvgIpc) is 2.14. The maximum absolute atomic E-state index is 13.0. The Morgan fingerprint density at radius 1 is 1.33 bits per heavy atom. The van der Waals surface area contributed by atoms with Gasteiger partial charge in [0.05, 0.1) is 7.11 Å². The van der Waals surface area contributed by atoms with Gasteiger partial charge in [0.15, 0.2) is 17.3 Å². The van der Waals surface area contributed by atoms with E-state index in [1.54, 1.807) is 0 Å². The van der Waals surface area contributed by atoms with Crippen molar-refractivity contribution in [1.29, 1.82) is 0 Å². The van der Waals surface area contributed by atoms with Gasteiger partial charge in [-0.1, -0.05) is 0 Å². The molecule has 1 amide bonds. The number of methoxy groups -OCH3 is 1. The summed E-state index contributed by atoms with van der Waals surface area (Å²) in [7, 11) is 0.968. The smallest absolute Gasteiger partial charge is 0.410 e. The molecule has 1 aromatic carbocycles. The molecule has 0 aliphatic carbocycles. The second-order valence-electron chi connectivity index (χ2n) is 2.44. The highest BCUT2D eigenvalue weighted by Crippen LogP contribution is 2.30. The zero-order chi connectivity index (χ0) is 11.6. The van der Waals surface area contributed by atoms with Crippen LogP contribution in [0.15, 0.2) is 6.07 Å².